The smallest absolute Gasteiger partial charge is 0.252 e. The summed E-state index contributed by atoms with van der Waals surface area (Å²) in [5.74, 6) is 1.01. The quantitative estimate of drug-likeness (QED) is 0.682. The summed E-state index contributed by atoms with van der Waals surface area (Å²) in [6.07, 6.45) is 7.31. The summed E-state index contributed by atoms with van der Waals surface area (Å²) < 4.78 is 22.4. The molecule has 5 rings (SSSR count). The second kappa shape index (κ2) is 7.64. The van der Waals surface area contributed by atoms with Crippen LogP contribution in [-0.4, -0.2) is 54.2 Å². The van der Waals surface area contributed by atoms with E-state index < -0.39 is 12.3 Å². The van der Waals surface area contributed by atoms with Gasteiger partial charge in [0.05, 0.1) is 23.8 Å². The van der Waals surface area contributed by atoms with Crippen molar-refractivity contribution in [1.29, 1.82) is 0 Å². The third kappa shape index (κ3) is 3.60. The highest BCUT2D eigenvalue weighted by atomic mass is 19.1. The second-order valence-electron chi connectivity index (χ2n) is 8.17. The third-order valence-corrected chi connectivity index (χ3v) is 5.89. The van der Waals surface area contributed by atoms with Gasteiger partial charge in [-0.15, -0.1) is 10.2 Å². The van der Waals surface area contributed by atoms with Gasteiger partial charge in [0, 0.05) is 37.0 Å². The lowest BCUT2D eigenvalue weighted by Gasteiger charge is -2.44. The van der Waals surface area contributed by atoms with Gasteiger partial charge in [-0.25, -0.2) is 14.4 Å². The number of aromatic nitrogens is 5. The zero-order chi connectivity index (χ0) is 20.7. The maximum absolute atomic E-state index is 14.8. The second-order valence-corrected chi connectivity index (χ2v) is 8.17. The summed E-state index contributed by atoms with van der Waals surface area (Å²) in [5, 5.41) is 21.9. The molecule has 1 aromatic carbocycles. The molecule has 2 bridgehead atoms. The van der Waals surface area contributed by atoms with Gasteiger partial charge in [-0.3, -0.25) is 0 Å². The lowest BCUT2D eigenvalue weighted by Crippen LogP contribution is -2.60. The number of nitrogens with one attached hydrogen (secondary N) is 1. The van der Waals surface area contributed by atoms with Crippen LogP contribution in [0.2, 0.25) is 0 Å². The van der Waals surface area contributed by atoms with Crippen molar-refractivity contribution in [3.8, 4) is 28.7 Å². The van der Waals surface area contributed by atoms with Crippen molar-refractivity contribution in [1.82, 2.24) is 30.0 Å². The molecule has 2 N–H and O–H groups in total. The number of piperidine rings is 2. The number of phenolic OH excluding ortho intramolecular Hbond substituents is 1. The molecule has 0 spiro atoms. The van der Waals surface area contributed by atoms with E-state index >= 15 is 0 Å². The maximum Gasteiger partial charge on any atom is 0.252 e. The molecule has 2 aliphatic heterocycles. The van der Waals surface area contributed by atoms with Gasteiger partial charge in [-0.05, 0) is 30.9 Å². The van der Waals surface area contributed by atoms with Gasteiger partial charge in [-0.2, -0.15) is 0 Å². The van der Waals surface area contributed by atoms with Crippen LogP contribution in [0.4, 0.5) is 4.39 Å². The summed E-state index contributed by atoms with van der Waals surface area (Å²) in [6, 6.07) is 5.24. The van der Waals surface area contributed by atoms with Crippen molar-refractivity contribution >= 4 is 0 Å². The van der Waals surface area contributed by atoms with Gasteiger partial charge >= 0.3 is 0 Å². The van der Waals surface area contributed by atoms with Crippen LogP contribution in [0.25, 0.3) is 17.1 Å². The van der Waals surface area contributed by atoms with Crippen LogP contribution >= 0.6 is 0 Å². The number of fused-ring (bicyclic) bond motifs is 2. The molecule has 0 amide bonds. The Labute approximate surface area is 173 Å². The van der Waals surface area contributed by atoms with Gasteiger partial charge in [0.1, 0.15) is 11.9 Å². The number of ether oxygens (including phenoxy) is 1. The summed E-state index contributed by atoms with van der Waals surface area (Å²) in [6.45, 7) is 2.17. The minimum atomic E-state index is -1.09. The summed E-state index contributed by atoms with van der Waals surface area (Å²) in [4.78, 5) is 8.26. The average molecular weight is 410 g/mol. The van der Waals surface area contributed by atoms with Gasteiger partial charge in [0.25, 0.3) is 5.88 Å². The first-order chi connectivity index (χ1) is 14.6. The van der Waals surface area contributed by atoms with E-state index in [-0.39, 0.29) is 29.5 Å². The number of nitrogens with zero attached hydrogens (tertiary/aromatic N) is 5. The van der Waals surface area contributed by atoms with Crippen LogP contribution < -0.4 is 10.1 Å². The molecule has 156 valence electrons. The Kier molecular flexibility index (Phi) is 4.82. The topological polar surface area (TPSA) is 98.0 Å². The Balaban J connectivity index is 1.30. The molecule has 0 radical (unpaired) electrons. The Morgan fingerprint density at radius 1 is 1.23 bits per heavy atom. The van der Waals surface area contributed by atoms with Gasteiger partial charge < -0.3 is 19.7 Å². The number of phenols is 1. The van der Waals surface area contributed by atoms with Gasteiger partial charge in [0.15, 0.2) is 12.0 Å². The molecular weight excluding hydrogens is 387 g/mol. The molecule has 5 atom stereocenters. The van der Waals surface area contributed by atoms with Crippen molar-refractivity contribution in [2.75, 3.05) is 0 Å². The third-order valence-electron chi connectivity index (χ3n) is 5.89. The van der Waals surface area contributed by atoms with Crippen LogP contribution in [0.3, 0.4) is 0 Å². The highest BCUT2D eigenvalue weighted by molar-refractivity contribution is 5.65. The van der Waals surface area contributed by atoms with Crippen LogP contribution in [0.1, 0.15) is 26.2 Å². The number of hydrogen-bond donors (Lipinski definition) is 2. The first-order valence-corrected chi connectivity index (χ1v) is 10.1. The molecule has 3 aromatic rings. The number of hydrogen-bond acceptors (Lipinski definition) is 7. The number of alkyl halides is 1. The summed E-state index contributed by atoms with van der Waals surface area (Å²) >= 11 is 0. The minimum Gasteiger partial charge on any atom is -0.507 e. The predicted octanol–water partition coefficient (Wildman–Crippen LogP) is 2.68. The number of halogens is 1. The monoisotopic (exact) mass is 410 g/mol. The fraction of sp³-hybridized carbons (Fsp3) is 0.429. The largest absolute Gasteiger partial charge is 0.507 e. The SMILES string of the molecule is CC1CC2C[C@H](Oc3cnc(-c4ccc(-n5ccnc5)cc4O)nn3)[C@@H](F)C(C1)N2. The zero-order valence-electron chi connectivity index (χ0n) is 16.5. The summed E-state index contributed by atoms with van der Waals surface area (Å²) in [7, 11) is 0. The van der Waals surface area contributed by atoms with Gasteiger partial charge in [-0.1, -0.05) is 6.92 Å². The van der Waals surface area contributed by atoms with E-state index in [1.54, 1.807) is 35.4 Å². The van der Waals surface area contributed by atoms with E-state index in [0.717, 1.165) is 18.5 Å². The maximum atomic E-state index is 14.8. The predicted molar refractivity (Wildman–Crippen MR) is 107 cm³/mol. The van der Waals surface area contributed by atoms with E-state index in [0.29, 0.717) is 17.9 Å². The lowest BCUT2D eigenvalue weighted by atomic mass is 9.79. The molecule has 8 nitrogen and oxygen atoms in total. The van der Waals surface area contributed by atoms with Crippen LogP contribution in [-0.2, 0) is 0 Å². The Morgan fingerprint density at radius 2 is 2.13 bits per heavy atom. The molecule has 9 heteroatoms. The molecule has 3 unspecified atom stereocenters. The first-order valence-electron chi connectivity index (χ1n) is 10.1. The first kappa shape index (κ1) is 18.9. The highest BCUT2D eigenvalue weighted by Crippen LogP contribution is 2.33. The number of benzene rings is 1. The molecule has 2 fully saturated rings. The Morgan fingerprint density at radius 3 is 2.87 bits per heavy atom. The molecule has 2 aliphatic rings. The van der Waals surface area contributed by atoms with Crippen molar-refractivity contribution in [2.45, 2.75) is 50.5 Å². The Hall–Kier alpha value is -3.07. The molecule has 2 aromatic heterocycles. The van der Waals surface area contributed by atoms with Crippen LogP contribution in [0.5, 0.6) is 11.6 Å². The molecule has 0 saturated carbocycles. The average Bonchev–Trinajstić information content (AvgIpc) is 3.27. The number of aromatic hydroxyl groups is 1. The molecule has 0 aliphatic carbocycles. The van der Waals surface area contributed by atoms with E-state index in [2.05, 4.69) is 32.4 Å². The van der Waals surface area contributed by atoms with Crippen molar-refractivity contribution in [3.63, 3.8) is 0 Å². The van der Waals surface area contributed by atoms with Crippen molar-refractivity contribution < 1.29 is 14.2 Å². The highest BCUT2D eigenvalue weighted by Gasteiger charge is 2.43. The normalized spacial score (nSPS) is 28.3. The lowest BCUT2D eigenvalue weighted by molar-refractivity contribution is -0.00379. The van der Waals surface area contributed by atoms with E-state index in [1.807, 2.05) is 6.07 Å². The number of imidazole rings is 1. The van der Waals surface area contributed by atoms with E-state index in [1.165, 1.54) is 6.20 Å². The fourth-order valence-corrected chi connectivity index (χ4v) is 4.50. The van der Waals surface area contributed by atoms with E-state index in [9.17, 15) is 9.50 Å². The summed E-state index contributed by atoms with van der Waals surface area (Å²) in [5.41, 5.74) is 1.22. The van der Waals surface area contributed by atoms with Crippen molar-refractivity contribution in [2.24, 2.45) is 5.92 Å². The Bertz CT molecular complexity index is 1010. The molecule has 4 heterocycles. The zero-order valence-corrected chi connectivity index (χ0v) is 16.5. The minimum absolute atomic E-state index is 0.0285. The van der Waals surface area contributed by atoms with Crippen LogP contribution in [0.15, 0.2) is 43.1 Å². The van der Waals surface area contributed by atoms with E-state index in [4.69, 9.17) is 4.74 Å². The molecule has 30 heavy (non-hydrogen) atoms. The van der Waals surface area contributed by atoms with Crippen LogP contribution in [0, 0.1) is 5.92 Å². The fourth-order valence-electron chi connectivity index (χ4n) is 4.50. The molecular formula is C21H23FN6O2. The number of rotatable bonds is 4. The molecule has 2 saturated heterocycles. The van der Waals surface area contributed by atoms with Gasteiger partial charge in [0.2, 0.25) is 0 Å². The van der Waals surface area contributed by atoms with Crippen molar-refractivity contribution in [3.05, 3.63) is 43.1 Å². The standard InChI is InChI=1S/C21H23FN6O2/c1-12-6-13-8-18(20(22)16(7-12)25-13)30-19-10-24-21(27-26-19)15-3-2-14(9-17(15)29)28-5-4-23-11-28/h2-5,9-13,16,18,20,25,29H,6-8H2,1H3/t12?,13?,16?,18-,20-/m0/s1.